The van der Waals surface area contributed by atoms with Crippen molar-refractivity contribution in [2.24, 2.45) is 5.73 Å². The van der Waals surface area contributed by atoms with Crippen LogP contribution in [-0.2, 0) is 4.74 Å². The van der Waals surface area contributed by atoms with Crippen LogP contribution in [0.4, 0.5) is 0 Å². The van der Waals surface area contributed by atoms with Crippen LogP contribution >= 0.6 is 0 Å². The minimum atomic E-state index is 0.299. The molecule has 0 radical (unpaired) electrons. The fourth-order valence-corrected chi connectivity index (χ4v) is 2.02. The zero-order chi connectivity index (χ0) is 9.80. The maximum absolute atomic E-state index is 5.91. The first-order valence-corrected chi connectivity index (χ1v) is 5.30. The van der Waals surface area contributed by atoms with Crippen LogP contribution in [0.2, 0.25) is 0 Å². The Labute approximate surface area is 85.1 Å². The summed E-state index contributed by atoms with van der Waals surface area (Å²) in [4.78, 5) is 0. The molecule has 1 aliphatic heterocycles. The summed E-state index contributed by atoms with van der Waals surface area (Å²) in [5.74, 6) is 0. The molecule has 0 saturated carbocycles. The van der Waals surface area contributed by atoms with Gasteiger partial charge in [-0.25, -0.2) is 0 Å². The molecule has 14 heavy (non-hydrogen) atoms. The van der Waals surface area contributed by atoms with Crippen molar-refractivity contribution in [3.63, 3.8) is 0 Å². The predicted molar refractivity (Wildman–Crippen MR) is 57.0 cm³/mol. The molecular formula is C12H17NO. The summed E-state index contributed by atoms with van der Waals surface area (Å²) in [6.07, 6.45) is 3.95. The van der Waals surface area contributed by atoms with Gasteiger partial charge in [-0.2, -0.15) is 0 Å². The minimum absolute atomic E-state index is 0.299. The minimum Gasteiger partial charge on any atom is -0.370 e. The molecule has 2 atom stereocenters. The molecule has 0 bridgehead atoms. The van der Waals surface area contributed by atoms with Gasteiger partial charge in [0.15, 0.2) is 0 Å². The second kappa shape index (κ2) is 4.58. The zero-order valence-electron chi connectivity index (χ0n) is 8.36. The summed E-state index contributed by atoms with van der Waals surface area (Å²) in [6, 6.07) is 10.4. The third kappa shape index (κ3) is 2.14. The molecule has 2 nitrogen and oxygen atoms in total. The summed E-state index contributed by atoms with van der Waals surface area (Å²) in [5, 5.41) is 0. The third-order valence-electron chi connectivity index (χ3n) is 2.77. The second-order valence-corrected chi connectivity index (χ2v) is 3.81. The number of ether oxygens (including phenoxy) is 1. The van der Waals surface area contributed by atoms with Crippen molar-refractivity contribution in [1.82, 2.24) is 0 Å². The van der Waals surface area contributed by atoms with Gasteiger partial charge in [0, 0.05) is 0 Å². The third-order valence-corrected chi connectivity index (χ3v) is 2.77. The first kappa shape index (κ1) is 9.69. The van der Waals surface area contributed by atoms with Crippen LogP contribution in [0.15, 0.2) is 30.3 Å². The Morgan fingerprint density at radius 1 is 1.21 bits per heavy atom. The molecule has 1 aromatic rings. The van der Waals surface area contributed by atoms with Crippen LogP contribution in [-0.4, -0.2) is 12.6 Å². The van der Waals surface area contributed by atoms with Gasteiger partial charge in [0.1, 0.15) is 0 Å². The maximum atomic E-state index is 5.91. The van der Waals surface area contributed by atoms with E-state index >= 15 is 0 Å². The van der Waals surface area contributed by atoms with Gasteiger partial charge in [0.25, 0.3) is 0 Å². The van der Waals surface area contributed by atoms with Crippen LogP contribution < -0.4 is 5.73 Å². The van der Waals surface area contributed by atoms with Gasteiger partial charge >= 0.3 is 0 Å². The molecule has 1 aliphatic rings. The normalized spacial score (nSPS) is 26.6. The number of benzene rings is 1. The lowest BCUT2D eigenvalue weighted by Crippen LogP contribution is -2.12. The van der Waals surface area contributed by atoms with Crippen molar-refractivity contribution in [2.75, 3.05) is 6.54 Å². The summed E-state index contributed by atoms with van der Waals surface area (Å²) in [5.41, 5.74) is 6.81. The molecule has 2 rings (SSSR count). The van der Waals surface area contributed by atoms with E-state index in [0.717, 1.165) is 25.8 Å². The molecule has 0 aliphatic carbocycles. The molecule has 2 heteroatoms. The highest BCUT2D eigenvalue weighted by atomic mass is 16.5. The number of hydrogen-bond acceptors (Lipinski definition) is 2. The number of rotatable bonds is 3. The van der Waals surface area contributed by atoms with E-state index in [4.69, 9.17) is 10.5 Å². The Bertz CT molecular complexity index is 273. The highest BCUT2D eigenvalue weighted by Crippen LogP contribution is 2.33. The van der Waals surface area contributed by atoms with Gasteiger partial charge in [0.2, 0.25) is 0 Å². The molecule has 1 aromatic carbocycles. The lowest BCUT2D eigenvalue weighted by atomic mass is 10.1. The molecule has 1 heterocycles. The van der Waals surface area contributed by atoms with Gasteiger partial charge in [-0.3, -0.25) is 0 Å². The highest BCUT2D eigenvalue weighted by molar-refractivity contribution is 5.18. The number of hydrogen-bond donors (Lipinski definition) is 1. The average molecular weight is 191 g/mol. The van der Waals surface area contributed by atoms with E-state index < -0.39 is 0 Å². The van der Waals surface area contributed by atoms with E-state index in [9.17, 15) is 0 Å². The summed E-state index contributed by atoms with van der Waals surface area (Å²) in [6.45, 7) is 0.728. The molecule has 1 fully saturated rings. The van der Waals surface area contributed by atoms with Crippen molar-refractivity contribution in [1.29, 1.82) is 0 Å². The molecule has 0 spiro atoms. The Hall–Kier alpha value is -0.860. The smallest absolute Gasteiger partial charge is 0.0829 e. The van der Waals surface area contributed by atoms with Crippen LogP contribution in [0.1, 0.15) is 30.9 Å². The first-order chi connectivity index (χ1) is 6.90. The Kier molecular flexibility index (Phi) is 3.17. The fraction of sp³-hybridized carbons (Fsp3) is 0.500. The Morgan fingerprint density at radius 3 is 2.71 bits per heavy atom. The van der Waals surface area contributed by atoms with E-state index in [-0.39, 0.29) is 0 Å². The lowest BCUT2D eigenvalue weighted by molar-refractivity contribution is 0.0414. The molecule has 76 valence electrons. The quantitative estimate of drug-likeness (QED) is 0.795. The fourth-order valence-electron chi connectivity index (χ4n) is 2.02. The highest BCUT2D eigenvalue weighted by Gasteiger charge is 2.25. The van der Waals surface area contributed by atoms with E-state index in [0.29, 0.717) is 12.2 Å². The van der Waals surface area contributed by atoms with Crippen molar-refractivity contribution >= 4 is 0 Å². The van der Waals surface area contributed by atoms with Gasteiger partial charge in [-0.05, 0) is 31.4 Å². The van der Waals surface area contributed by atoms with Gasteiger partial charge < -0.3 is 10.5 Å². The molecule has 1 saturated heterocycles. The lowest BCUT2D eigenvalue weighted by Gasteiger charge is -2.12. The van der Waals surface area contributed by atoms with Crippen molar-refractivity contribution < 1.29 is 4.74 Å². The first-order valence-electron chi connectivity index (χ1n) is 5.30. The van der Waals surface area contributed by atoms with Crippen molar-refractivity contribution in [3.05, 3.63) is 35.9 Å². The van der Waals surface area contributed by atoms with E-state index in [1.165, 1.54) is 5.56 Å². The van der Waals surface area contributed by atoms with Crippen molar-refractivity contribution in [2.45, 2.75) is 31.5 Å². The van der Waals surface area contributed by atoms with Crippen LogP contribution in [0.5, 0.6) is 0 Å². The largest absolute Gasteiger partial charge is 0.370 e. The molecule has 0 amide bonds. The van der Waals surface area contributed by atoms with Crippen LogP contribution in [0.25, 0.3) is 0 Å². The average Bonchev–Trinajstić information content (AvgIpc) is 2.68. The van der Waals surface area contributed by atoms with Gasteiger partial charge in [-0.1, -0.05) is 30.3 Å². The zero-order valence-corrected chi connectivity index (χ0v) is 8.36. The van der Waals surface area contributed by atoms with E-state index in [1.54, 1.807) is 0 Å². The Morgan fingerprint density at radius 2 is 2.00 bits per heavy atom. The van der Waals surface area contributed by atoms with Crippen LogP contribution in [0.3, 0.4) is 0 Å². The summed E-state index contributed by atoms with van der Waals surface area (Å²) < 4.78 is 5.91. The van der Waals surface area contributed by atoms with Crippen molar-refractivity contribution in [3.8, 4) is 0 Å². The SMILES string of the molecule is NCCC1CCC(c2ccccc2)O1. The number of nitrogens with two attached hydrogens (primary N) is 1. The van der Waals surface area contributed by atoms with Gasteiger partial charge in [-0.15, -0.1) is 0 Å². The topological polar surface area (TPSA) is 35.2 Å². The summed E-state index contributed by atoms with van der Waals surface area (Å²) in [7, 11) is 0. The van der Waals surface area contributed by atoms with E-state index in [1.807, 2.05) is 6.07 Å². The molecular weight excluding hydrogens is 174 g/mol. The standard InChI is InChI=1S/C12H17NO/c13-9-8-11-6-7-12(14-11)10-4-2-1-3-5-10/h1-5,11-12H,6-9,13H2. The van der Waals surface area contributed by atoms with Gasteiger partial charge in [0.05, 0.1) is 12.2 Å². The molecule has 0 aromatic heterocycles. The maximum Gasteiger partial charge on any atom is 0.0829 e. The van der Waals surface area contributed by atoms with E-state index in [2.05, 4.69) is 24.3 Å². The summed E-state index contributed by atoms with van der Waals surface area (Å²) >= 11 is 0. The Balaban J connectivity index is 1.96. The van der Waals surface area contributed by atoms with Crippen LogP contribution in [0, 0.1) is 0 Å². The second-order valence-electron chi connectivity index (χ2n) is 3.81. The monoisotopic (exact) mass is 191 g/mol. The predicted octanol–water partition coefficient (Wildman–Crippen LogP) is 2.26. The molecule has 2 N–H and O–H groups in total. The molecule has 2 unspecified atom stereocenters.